The number of fused-ring (bicyclic) bond motifs is 1. The Morgan fingerprint density at radius 3 is 2.50 bits per heavy atom. The number of aliphatic hydroxyl groups excluding tert-OH is 1. The van der Waals surface area contributed by atoms with Crippen LogP contribution in [0.2, 0.25) is 5.02 Å². The van der Waals surface area contributed by atoms with Crippen molar-refractivity contribution in [2.45, 2.75) is 57.8 Å². The van der Waals surface area contributed by atoms with Gasteiger partial charge in [0.25, 0.3) is 6.10 Å². The number of carbonyl (C=O) groups excluding carboxylic acids is 2. The highest BCUT2D eigenvalue weighted by atomic mass is 35.5. The molecule has 1 aliphatic rings. The number of hydrogen-bond acceptors (Lipinski definition) is 7. The van der Waals surface area contributed by atoms with E-state index in [2.05, 4.69) is 5.32 Å². The molecule has 8 heteroatoms. The van der Waals surface area contributed by atoms with Crippen molar-refractivity contribution in [1.82, 2.24) is 5.32 Å². The molecule has 0 bridgehead atoms. The molecule has 184 valence electrons. The van der Waals surface area contributed by atoms with Gasteiger partial charge in [-0.15, -0.1) is 0 Å². The third kappa shape index (κ3) is 7.19. The van der Waals surface area contributed by atoms with Crippen molar-refractivity contribution in [3.05, 3.63) is 64.2 Å². The van der Waals surface area contributed by atoms with Gasteiger partial charge in [0.2, 0.25) is 0 Å². The molecule has 0 unspecified atom stereocenters. The van der Waals surface area contributed by atoms with Crippen LogP contribution in [-0.2, 0) is 31.9 Å². The summed E-state index contributed by atoms with van der Waals surface area (Å²) < 4.78 is 15.7. The number of rotatable bonds is 10. The maximum atomic E-state index is 12.3. The zero-order valence-corrected chi connectivity index (χ0v) is 20.3. The van der Waals surface area contributed by atoms with Crippen LogP contribution in [0, 0.1) is 0 Å². The van der Waals surface area contributed by atoms with Crippen molar-refractivity contribution in [3.8, 4) is 5.75 Å². The van der Waals surface area contributed by atoms with Crippen LogP contribution in [0.3, 0.4) is 0 Å². The van der Waals surface area contributed by atoms with Crippen LogP contribution in [-0.4, -0.2) is 48.9 Å². The monoisotopic (exact) mass is 489 g/mol. The minimum atomic E-state index is -1.47. The summed E-state index contributed by atoms with van der Waals surface area (Å²) in [7, 11) is 0. The second kappa shape index (κ2) is 12.7. The lowest BCUT2D eigenvalue weighted by Gasteiger charge is -2.21. The van der Waals surface area contributed by atoms with Gasteiger partial charge in [0.15, 0.2) is 0 Å². The predicted octanol–water partition coefficient (Wildman–Crippen LogP) is 3.78. The van der Waals surface area contributed by atoms with Gasteiger partial charge in [-0.05, 0) is 80.5 Å². The molecular formula is C26H32ClNO6. The molecule has 0 aromatic heterocycles. The minimum absolute atomic E-state index is 0.136. The Labute approximate surface area is 205 Å². The molecule has 34 heavy (non-hydrogen) atoms. The van der Waals surface area contributed by atoms with Crippen LogP contribution < -0.4 is 10.1 Å². The third-order valence-electron chi connectivity index (χ3n) is 5.73. The summed E-state index contributed by atoms with van der Waals surface area (Å²) >= 11 is 6.04. The van der Waals surface area contributed by atoms with E-state index in [9.17, 15) is 14.7 Å². The fourth-order valence-corrected chi connectivity index (χ4v) is 4.26. The second-order valence-electron chi connectivity index (χ2n) is 8.20. The van der Waals surface area contributed by atoms with Crippen LogP contribution in [0.1, 0.15) is 49.5 Å². The Balaban J connectivity index is 1.68. The average Bonchev–Trinajstić information content (AvgIpc) is 3.02. The summed E-state index contributed by atoms with van der Waals surface area (Å²) in [5.74, 6) is -1.14. The molecule has 2 aromatic carbocycles. The predicted molar refractivity (Wildman–Crippen MR) is 129 cm³/mol. The lowest BCUT2D eigenvalue weighted by atomic mass is 10.0. The van der Waals surface area contributed by atoms with Gasteiger partial charge in [-0.1, -0.05) is 29.8 Å². The fourth-order valence-electron chi connectivity index (χ4n) is 4.06. The summed E-state index contributed by atoms with van der Waals surface area (Å²) in [6, 6.07) is 13.0. The SMILES string of the molecule is CCOC(=O)C(Oc1ccc2c(c1)C[C@@H](NC[C@H](O)c1cccc(Cl)c1)CCC2)C(=O)OCC. The number of esters is 2. The van der Waals surface area contributed by atoms with E-state index in [4.69, 9.17) is 25.8 Å². The van der Waals surface area contributed by atoms with Gasteiger partial charge in [-0.2, -0.15) is 0 Å². The topological polar surface area (TPSA) is 94.1 Å². The molecule has 0 saturated heterocycles. The number of benzene rings is 2. The highest BCUT2D eigenvalue weighted by molar-refractivity contribution is 6.30. The lowest BCUT2D eigenvalue weighted by Crippen LogP contribution is -2.38. The molecule has 3 rings (SSSR count). The average molecular weight is 490 g/mol. The largest absolute Gasteiger partial charge is 0.467 e. The number of aryl methyl sites for hydroxylation is 1. The fraction of sp³-hybridized carbons (Fsp3) is 0.462. The summed E-state index contributed by atoms with van der Waals surface area (Å²) in [4.78, 5) is 24.5. The minimum Gasteiger partial charge on any atom is -0.467 e. The molecule has 2 N–H and O–H groups in total. The van der Waals surface area contributed by atoms with Crippen LogP contribution in [0.15, 0.2) is 42.5 Å². The summed E-state index contributed by atoms with van der Waals surface area (Å²) in [6.45, 7) is 4.01. The van der Waals surface area contributed by atoms with E-state index >= 15 is 0 Å². The van der Waals surface area contributed by atoms with Crippen molar-refractivity contribution in [2.24, 2.45) is 0 Å². The first-order valence-electron chi connectivity index (χ1n) is 11.7. The Morgan fingerprint density at radius 1 is 1.09 bits per heavy atom. The van der Waals surface area contributed by atoms with Crippen LogP contribution in [0.25, 0.3) is 0 Å². The van der Waals surface area contributed by atoms with E-state index in [-0.39, 0.29) is 19.3 Å². The molecule has 1 aliphatic carbocycles. The van der Waals surface area contributed by atoms with E-state index in [1.54, 1.807) is 32.0 Å². The number of carbonyl (C=O) groups is 2. The molecule has 0 radical (unpaired) electrons. The Kier molecular flexibility index (Phi) is 9.74. The van der Waals surface area contributed by atoms with E-state index < -0.39 is 24.1 Å². The number of hydrogen-bond donors (Lipinski definition) is 2. The van der Waals surface area contributed by atoms with Gasteiger partial charge in [-0.25, -0.2) is 9.59 Å². The smallest absolute Gasteiger partial charge is 0.359 e. The zero-order chi connectivity index (χ0) is 24.5. The van der Waals surface area contributed by atoms with E-state index in [1.807, 2.05) is 24.3 Å². The molecule has 2 aromatic rings. The maximum absolute atomic E-state index is 12.3. The number of ether oxygens (including phenoxy) is 3. The molecule has 0 amide bonds. The number of nitrogens with one attached hydrogen (secondary N) is 1. The van der Waals surface area contributed by atoms with Crippen molar-refractivity contribution >= 4 is 23.5 Å². The zero-order valence-electron chi connectivity index (χ0n) is 19.6. The van der Waals surface area contributed by atoms with E-state index in [1.165, 1.54) is 5.56 Å². The van der Waals surface area contributed by atoms with Gasteiger partial charge in [-0.3, -0.25) is 0 Å². The maximum Gasteiger partial charge on any atom is 0.359 e. The highest BCUT2D eigenvalue weighted by Gasteiger charge is 2.32. The van der Waals surface area contributed by atoms with Crippen molar-refractivity contribution in [3.63, 3.8) is 0 Å². The molecule has 0 aliphatic heterocycles. The Morgan fingerprint density at radius 2 is 1.82 bits per heavy atom. The van der Waals surface area contributed by atoms with Crippen molar-refractivity contribution < 1.29 is 28.9 Å². The first-order chi connectivity index (χ1) is 16.4. The summed E-state index contributed by atoms with van der Waals surface area (Å²) in [6.07, 6.45) is 1.49. The Hall–Kier alpha value is -2.61. The first kappa shape index (κ1) is 26.0. The molecule has 0 heterocycles. The summed E-state index contributed by atoms with van der Waals surface area (Å²) in [5, 5.41) is 14.6. The second-order valence-corrected chi connectivity index (χ2v) is 8.64. The first-order valence-corrected chi connectivity index (χ1v) is 12.1. The van der Waals surface area contributed by atoms with Crippen LogP contribution in [0.5, 0.6) is 5.75 Å². The van der Waals surface area contributed by atoms with Gasteiger partial charge in [0.1, 0.15) is 5.75 Å². The quantitative estimate of drug-likeness (QED) is 0.298. The van der Waals surface area contributed by atoms with Crippen molar-refractivity contribution in [1.29, 1.82) is 0 Å². The molecule has 0 saturated carbocycles. The third-order valence-corrected chi connectivity index (χ3v) is 5.97. The standard InChI is InChI=1S/C26H32ClNO6/c1-3-32-25(30)24(26(31)33-4-2)34-22-12-11-17-7-6-10-21(14-19(17)15-22)28-16-23(29)18-8-5-9-20(27)13-18/h5,8-9,11-13,15,21,23-24,28-29H,3-4,6-7,10,14,16H2,1-2H3/t21-,23-/m0/s1. The molecule has 0 spiro atoms. The lowest BCUT2D eigenvalue weighted by molar-refractivity contribution is -0.166. The summed E-state index contributed by atoms with van der Waals surface area (Å²) in [5.41, 5.74) is 3.06. The van der Waals surface area contributed by atoms with Gasteiger partial charge in [0.05, 0.1) is 19.3 Å². The highest BCUT2D eigenvalue weighted by Crippen LogP contribution is 2.26. The number of aliphatic hydroxyl groups is 1. The van der Waals surface area contributed by atoms with E-state index in [0.717, 1.165) is 36.8 Å². The van der Waals surface area contributed by atoms with Gasteiger partial charge in [0, 0.05) is 17.6 Å². The van der Waals surface area contributed by atoms with Gasteiger partial charge >= 0.3 is 11.9 Å². The molecule has 7 nitrogen and oxygen atoms in total. The Bertz CT molecular complexity index is 964. The molecular weight excluding hydrogens is 458 g/mol. The van der Waals surface area contributed by atoms with Gasteiger partial charge < -0.3 is 24.6 Å². The van der Waals surface area contributed by atoms with Crippen LogP contribution >= 0.6 is 11.6 Å². The normalized spacial score (nSPS) is 16.3. The molecule has 2 atom stereocenters. The molecule has 0 fully saturated rings. The van der Waals surface area contributed by atoms with Crippen molar-refractivity contribution in [2.75, 3.05) is 19.8 Å². The van der Waals surface area contributed by atoms with Crippen LogP contribution in [0.4, 0.5) is 0 Å². The van der Waals surface area contributed by atoms with E-state index in [0.29, 0.717) is 17.3 Å². The number of halogens is 1.